The van der Waals surface area contributed by atoms with Crippen molar-refractivity contribution in [2.24, 2.45) is 0 Å². The summed E-state index contributed by atoms with van der Waals surface area (Å²) < 4.78 is 48.2. The molecular formula is C34H36FN3O5S. The van der Waals surface area contributed by atoms with Crippen LogP contribution in [0.4, 0.5) is 10.1 Å². The van der Waals surface area contributed by atoms with Gasteiger partial charge in [0, 0.05) is 20.0 Å². The minimum atomic E-state index is -4.34. The van der Waals surface area contributed by atoms with Gasteiger partial charge in [-0.15, -0.1) is 0 Å². The Kier molecular flexibility index (Phi) is 10.7. The summed E-state index contributed by atoms with van der Waals surface area (Å²) in [4.78, 5) is 29.0. The van der Waals surface area contributed by atoms with Crippen LogP contribution in [0.5, 0.6) is 5.75 Å². The normalized spacial score (nSPS) is 11.8. The van der Waals surface area contributed by atoms with Crippen LogP contribution in [0.25, 0.3) is 0 Å². The van der Waals surface area contributed by atoms with Gasteiger partial charge in [0.1, 0.15) is 24.2 Å². The number of nitrogens with one attached hydrogen (secondary N) is 1. The minimum absolute atomic E-state index is 0.0736. The number of ether oxygens (including phenoxy) is 1. The van der Waals surface area contributed by atoms with E-state index in [1.165, 1.54) is 11.9 Å². The smallest absolute Gasteiger partial charge is 0.264 e. The molecule has 230 valence electrons. The number of halogens is 1. The van der Waals surface area contributed by atoms with Crippen LogP contribution in [0.15, 0.2) is 108 Å². The lowest BCUT2D eigenvalue weighted by Crippen LogP contribution is -2.53. The van der Waals surface area contributed by atoms with Crippen LogP contribution < -0.4 is 14.4 Å². The summed E-state index contributed by atoms with van der Waals surface area (Å²) >= 11 is 0. The van der Waals surface area contributed by atoms with Crippen LogP contribution in [-0.2, 0) is 32.6 Å². The number of carbonyl (C=O) groups excluding carboxylic acids is 2. The number of rotatable bonds is 13. The first-order chi connectivity index (χ1) is 21.1. The highest BCUT2D eigenvalue weighted by molar-refractivity contribution is 7.92. The van der Waals surface area contributed by atoms with E-state index in [0.29, 0.717) is 12.4 Å². The van der Waals surface area contributed by atoms with Gasteiger partial charge >= 0.3 is 0 Å². The summed E-state index contributed by atoms with van der Waals surface area (Å²) in [7, 11) is -2.84. The van der Waals surface area contributed by atoms with Gasteiger partial charge in [0.05, 0.1) is 17.2 Å². The second-order valence-electron chi connectivity index (χ2n) is 10.2. The number of carbonyl (C=O) groups is 2. The fourth-order valence-corrected chi connectivity index (χ4v) is 6.24. The van der Waals surface area contributed by atoms with Gasteiger partial charge in [0.15, 0.2) is 0 Å². The van der Waals surface area contributed by atoms with Crippen LogP contribution in [0.2, 0.25) is 0 Å². The van der Waals surface area contributed by atoms with E-state index in [2.05, 4.69) is 5.32 Å². The molecule has 0 fully saturated rings. The minimum Gasteiger partial charge on any atom is -0.494 e. The topological polar surface area (TPSA) is 96.0 Å². The lowest BCUT2D eigenvalue weighted by molar-refractivity contribution is -0.139. The third kappa shape index (κ3) is 7.82. The zero-order valence-electron chi connectivity index (χ0n) is 24.9. The summed E-state index contributed by atoms with van der Waals surface area (Å²) in [6.07, 6.45) is 0.214. The lowest BCUT2D eigenvalue weighted by atomic mass is 10.0. The summed E-state index contributed by atoms with van der Waals surface area (Å²) in [5.74, 6) is -1.03. The number of likely N-dealkylation sites (N-methyl/N-ethyl adjacent to an activating group) is 1. The first-order valence-electron chi connectivity index (χ1n) is 14.2. The molecule has 0 heterocycles. The van der Waals surface area contributed by atoms with E-state index >= 15 is 0 Å². The number of sulfonamides is 1. The third-order valence-corrected chi connectivity index (χ3v) is 9.02. The van der Waals surface area contributed by atoms with E-state index in [9.17, 15) is 22.4 Å². The van der Waals surface area contributed by atoms with E-state index in [0.717, 1.165) is 45.3 Å². The average molecular weight is 618 g/mol. The molecule has 2 amide bonds. The van der Waals surface area contributed by atoms with E-state index < -0.39 is 34.3 Å². The summed E-state index contributed by atoms with van der Waals surface area (Å²) in [6, 6.07) is 26.6. The number of benzene rings is 4. The van der Waals surface area contributed by atoms with Crippen molar-refractivity contribution in [3.63, 3.8) is 0 Å². The number of amides is 2. The first-order valence-corrected chi connectivity index (χ1v) is 15.7. The second kappa shape index (κ2) is 14.7. The summed E-state index contributed by atoms with van der Waals surface area (Å²) in [5, 5.41) is 2.67. The van der Waals surface area contributed by atoms with Crippen molar-refractivity contribution < 1.29 is 27.1 Å². The van der Waals surface area contributed by atoms with Gasteiger partial charge in [-0.2, -0.15) is 0 Å². The Labute approximate surface area is 258 Å². The number of hydrogen-bond acceptors (Lipinski definition) is 5. The molecule has 0 aliphatic heterocycles. The second-order valence-corrected chi connectivity index (χ2v) is 12.0. The van der Waals surface area contributed by atoms with Crippen molar-refractivity contribution in [2.45, 2.75) is 37.8 Å². The van der Waals surface area contributed by atoms with Crippen molar-refractivity contribution in [1.82, 2.24) is 10.2 Å². The van der Waals surface area contributed by atoms with Gasteiger partial charge in [-0.05, 0) is 79.1 Å². The van der Waals surface area contributed by atoms with Gasteiger partial charge in [-0.1, -0.05) is 54.6 Å². The lowest BCUT2D eigenvalue weighted by Gasteiger charge is -2.34. The Morgan fingerprint density at radius 1 is 0.886 bits per heavy atom. The molecular weight excluding hydrogens is 581 g/mol. The molecule has 0 bridgehead atoms. The number of nitrogens with zero attached hydrogens (tertiary/aromatic N) is 2. The maximum Gasteiger partial charge on any atom is 0.264 e. The fraction of sp³-hybridized carbons (Fsp3) is 0.235. The van der Waals surface area contributed by atoms with Crippen molar-refractivity contribution in [1.29, 1.82) is 0 Å². The third-order valence-electron chi connectivity index (χ3n) is 7.24. The molecule has 0 aromatic heterocycles. The molecule has 0 aliphatic carbocycles. The fourth-order valence-electron chi connectivity index (χ4n) is 4.83. The van der Waals surface area contributed by atoms with Crippen LogP contribution in [0, 0.1) is 12.7 Å². The molecule has 0 spiro atoms. The highest BCUT2D eigenvalue weighted by atomic mass is 32.2. The maximum atomic E-state index is 14.4. The van der Waals surface area contributed by atoms with Crippen LogP contribution >= 0.6 is 0 Å². The van der Waals surface area contributed by atoms with Crippen molar-refractivity contribution >= 4 is 27.5 Å². The summed E-state index contributed by atoms with van der Waals surface area (Å²) in [6.45, 7) is 3.63. The molecule has 4 aromatic rings. The van der Waals surface area contributed by atoms with Crippen LogP contribution in [0.1, 0.15) is 23.6 Å². The standard InChI is InChI=1S/C34H36FN3O5S/c1-4-43-30-18-16-29(17-19-30)38(44(41,42)31-20-14-28(35)15-21-31)24-33(39)37(23-27-13-9-8-10-25(27)2)32(34(40)36-3)22-26-11-6-5-7-12-26/h5-21,32H,4,22-24H2,1-3H3,(H,36,40)/t32-/m1/s1. The molecule has 1 N–H and O–H groups in total. The van der Waals surface area contributed by atoms with Crippen molar-refractivity contribution in [2.75, 3.05) is 24.5 Å². The SMILES string of the molecule is CCOc1ccc(N(CC(=O)N(Cc2ccccc2C)[C@H](Cc2ccccc2)C(=O)NC)S(=O)(=O)c2ccc(F)cc2)cc1. The van der Waals surface area contributed by atoms with Crippen molar-refractivity contribution in [3.05, 3.63) is 126 Å². The molecule has 44 heavy (non-hydrogen) atoms. The monoisotopic (exact) mass is 617 g/mol. The van der Waals surface area contributed by atoms with E-state index in [1.807, 2.05) is 68.4 Å². The van der Waals surface area contributed by atoms with Crippen LogP contribution in [-0.4, -0.2) is 51.4 Å². The number of aryl methyl sites for hydroxylation is 1. The number of anilines is 1. The van der Waals surface area contributed by atoms with E-state index in [1.54, 1.807) is 24.3 Å². The Morgan fingerprint density at radius 2 is 1.52 bits per heavy atom. The molecule has 1 atom stereocenters. The molecule has 0 aliphatic rings. The Morgan fingerprint density at radius 3 is 2.14 bits per heavy atom. The maximum absolute atomic E-state index is 14.4. The van der Waals surface area contributed by atoms with Gasteiger partial charge in [0.25, 0.3) is 10.0 Å². The van der Waals surface area contributed by atoms with Gasteiger partial charge in [-0.3, -0.25) is 13.9 Å². The summed E-state index contributed by atoms with van der Waals surface area (Å²) in [5.41, 5.74) is 2.78. The van der Waals surface area contributed by atoms with Gasteiger partial charge in [-0.25, -0.2) is 12.8 Å². The predicted molar refractivity (Wildman–Crippen MR) is 168 cm³/mol. The van der Waals surface area contributed by atoms with Gasteiger partial charge < -0.3 is 15.0 Å². The molecule has 0 radical (unpaired) electrons. The quantitative estimate of drug-likeness (QED) is 0.225. The first kappa shape index (κ1) is 32.2. The highest BCUT2D eigenvalue weighted by Crippen LogP contribution is 2.27. The Balaban J connectivity index is 1.79. The zero-order chi connectivity index (χ0) is 31.7. The predicted octanol–water partition coefficient (Wildman–Crippen LogP) is 5.11. The van der Waals surface area contributed by atoms with Crippen molar-refractivity contribution in [3.8, 4) is 5.75 Å². The largest absolute Gasteiger partial charge is 0.494 e. The Bertz CT molecular complexity index is 1660. The van der Waals surface area contributed by atoms with E-state index in [4.69, 9.17) is 4.74 Å². The molecule has 0 unspecified atom stereocenters. The number of hydrogen-bond donors (Lipinski definition) is 1. The Hall–Kier alpha value is -4.70. The molecule has 10 heteroatoms. The van der Waals surface area contributed by atoms with Crippen LogP contribution in [0.3, 0.4) is 0 Å². The average Bonchev–Trinajstić information content (AvgIpc) is 3.03. The van der Waals surface area contributed by atoms with E-state index in [-0.39, 0.29) is 29.5 Å². The van der Waals surface area contributed by atoms with Gasteiger partial charge in [0.2, 0.25) is 11.8 Å². The molecule has 8 nitrogen and oxygen atoms in total. The zero-order valence-corrected chi connectivity index (χ0v) is 25.8. The molecule has 0 saturated heterocycles. The molecule has 0 saturated carbocycles. The molecule has 4 rings (SSSR count). The molecule has 4 aromatic carbocycles. The highest BCUT2D eigenvalue weighted by Gasteiger charge is 2.34.